The van der Waals surface area contributed by atoms with Gasteiger partial charge < -0.3 is 14.9 Å². The number of amides is 1. The summed E-state index contributed by atoms with van der Waals surface area (Å²) in [6, 6.07) is 5.62. The first-order valence-corrected chi connectivity index (χ1v) is 7.94. The fourth-order valence-electron chi connectivity index (χ4n) is 3.28. The van der Waals surface area contributed by atoms with Gasteiger partial charge in [0.1, 0.15) is 5.82 Å². The van der Waals surface area contributed by atoms with Crippen molar-refractivity contribution in [3.8, 4) is 0 Å². The van der Waals surface area contributed by atoms with Crippen LogP contribution in [-0.2, 0) is 0 Å². The molecule has 0 unspecified atom stereocenters. The van der Waals surface area contributed by atoms with Crippen LogP contribution in [0, 0.1) is 6.92 Å². The van der Waals surface area contributed by atoms with Crippen LogP contribution in [0.25, 0.3) is 11.0 Å². The summed E-state index contributed by atoms with van der Waals surface area (Å²) >= 11 is 0. The highest BCUT2D eigenvalue weighted by molar-refractivity contribution is 5.97. The van der Waals surface area contributed by atoms with Gasteiger partial charge in [0.2, 0.25) is 0 Å². The van der Waals surface area contributed by atoms with Crippen molar-refractivity contribution in [2.45, 2.75) is 25.7 Å². The summed E-state index contributed by atoms with van der Waals surface area (Å²) in [7, 11) is 0. The van der Waals surface area contributed by atoms with Gasteiger partial charge in [-0.3, -0.25) is 4.79 Å². The van der Waals surface area contributed by atoms with E-state index >= 15 is 0 Å². The van der Waals surface area contributed by atoms with Crippen LogP contribution in [0.15, 0.2) is 30.7 Å². The Morgan fingerprint density at radius 2 is 2.26 bits per heavy atom. The van der Waals surface area contributed by atoms with Crippen LogP contribution in [0.4, 0.5) is 0 Å². The number of carbonyl (C=O) groups is 1. The van der Waals surface area contributed by atoms with Gasteiger partial charge in [0.15, 0.2) is 0 Å². The van der Waals surface area contributed by atoms with Crippen molar-refractivity contribution >= 4 is 16.9 Å². The Labute approximate surface area is 133 Å². The van der Waals surface area contributed by atoms with Crippen LogP contribution in [0.1, 0.15) is 40.6 Å². The van der Waals surface area contributed by atoms with Gasteiger partial charge in [-0.25, -0.2) is 9.97 Å². The molecule has 118 valence electrons. The second kappa shape index (κ2) is 5.53. The molecule has 0 saturated carbocycles. The number of H-pyrrole nitrogens is 2. The topological polar surface area (TPSA) is 77.7 Å². The van der Waals surface area contributed by atoms with E-state index in [1.54, 1.807) is 6.33 Å². The van der Waals surface area contributed by atoms with Gasteiger partial charge >= 0.3 is 0 Å². The van der Waals surface area contributed by atoms with E-state index in [0.717, 1.165) is 41.9 Å². The van der Waals surface area contributed by atoms with E-state index in [2.05, 4.69) is 19.9 Å². The van der Waals surface area contributed by atoms with Crippen molar-refractivity contribution in [2.24, 2.45) is 0 Å². The Morgan fingerprint density at radius 3 is 3.09 bits per heavy atom. The van der Waals surface area contributed by atoms with E-state index in [1.807, 2.05) is 36.2 Å². The fourth-order valence-corrected chi connectivity index (χ4v) is 3.28. The van der Waals surface area contributed by atoms with Crippen LogP contribution in [0.3, 0.4) is 0 Å². The summed E-state index contributed by atoms with van der Waals surface area (Å²) in [5.41, 5.74) is 3.54. The first-order valence-electron chi connectivity index (χ1n) is 7.94. The van der Waals surface area contributed by atoms with E-state index in [1.165, 1.54) is 0 Å². The predicted molar refractivity (Wildman–Crippen MR) is 87.3 cm³/mol. The molecule has 1 aliphatic heterocycles. The Morgan fingerprint density at radius 1 is 1.35 bits per heavy atom. The van der Waals surface area contributed by atoms with Crippen molar-refractivity contribution in [3.63, 3.8) is 0 Å². The summed E-state index contributed by atoms with van der Waals surface area (Å²) in [5, 5.41) is 0. The van der Waals surface area contributed by atoms with Gasteiger partial charge in [-0.2, -0.15) is 0 Å². The van der Waals surface area contributed by atoms with Crippen molar-refractivity contribution in [1.29, 1.82) is 0 Å². The average molecular weight is 309 g/mol. The number of rotatable bonds is 2. The smallest absolute Gasteiger partial charge is 0.253 e. The van der Waals surface area contributed by atoms with Crippen molar-refractivity contribution in [2.75, 3.05) is 13.1 Å². The summed E-state index contributed by atoms with van der Waals surface area (Å²) in [6.07, 6.45) is 5.57. The second-order valence-corrected chi connectivity index (χ2v) is 6.18. The van der Waals surface area contributed by atoms with E-state index in [4.69, 9.17) is 0 Å². The van der Waals surface area contributed by atoms with Gasteiger partial charge in [-0.1, -0.05) is 0 Å². The van der Waals surface area contributed by atoms with Crippen molar-refractivity contribution < 1.29 is 4.79 Å². The third kappa shape index (κ3) is 2.60. The Balaban J connectivity index is 1.55. The van der Waals surface area contributed by atoms with E-state index in [0.29, 0.717) is 12.1 Å². The summed E-state index contributed by atoms with van der Waals surface area (Å²) < 4.78 is 0. The van der Waals surface area contributed by atoms with Gasteiger partial charge in [0, 0.05) is 36.5 Å². The molecule has 0 spiro atoms. The molecule has 23 heavy (non-hydrogen) atoms. The molecule has 0 bridgehead atoms. The SMILES string of the molecule is Cc1cnc([C@H]2CCCN(C(=O)c3ccc4nc[nH]c4c3)C2)[nH]1. The first kappa shape index (κ1) is 14.0. The number of aromatic amines is 2. The predicted octanol–water partition coefficient (Wildman–Crippen LogP) is 2.61. The molecule has 0 aliphatic carbocycles. The highest BCUT2D eigenvalue weighted by atomic mass is 16.2. The van der Waals surface area contributed by atoms with Gasteiger partial charge in [-0.05, 0) is 38.0 Å². The van der Waals surface area contributed by atoms with Gasteiger partial charge in [-0.15, -0.1) is 0 Å². The van der Waals surface area contributed by atoms with E-state index < -0.39 is 0 Å². The zero-order chi connectivity index (χ0) is 15.8. The molecule has 3 aromatic rings. The average Bonchev–Trinajstić information content (AvgIpc) is 3.22. The molecule has 1 amide bonds. The number of hydrogen-bond donors (Lipinski definition) is 2. The van der Waals surface area contributed by atoms with Gasteiger partial charge in [0.05, 0.1) is 17.4 Å². The molecule has 6 nitrogen and oxygen atoms in total. The molecular weight excluding hydrogens is 290 g/mol. The normalized spacial score (nSPS) is 18.5. The minimum absolute atomic E-state index is 0.0782. The lowest BCUT2D eigenvalue weighted by Crippen LogP contribution is -2.39. The molecule has 1 aliphatic rings. The number of aryl methyl sites for hydroxylation is 1. The van der Waals surface area contributed by atoms with Crippen LogP contribution >= 0.6 is 0 Å². The molecule has 2 N–H and O–H groups in total. The lowest BCUT2D eigenvalue weighted by atomic mass is 9.96. The number of benzene rings is 1. The monoisotopic (exact) mass is 309 g/mol. The number of imidazole rings is 2. The molecule has 0 radical (unpaired) electrons. The quantitative estimate of drug-likeness (QED) is 0.764. The summed E-state index contributed by atoms with van der Waals surface area (Å²) in [6.45, 7) is 3.52. The number of nitrogens with one attached hydrogen (secondary N) is 2. The van der Waals surface area contributed by atoms with E-state index in [-0.39, 0.29) is 11.8 Å². The minimum Gasteiger partial charge on any atom is -0.346 e. The Kier molecular flexibility index (Phi) is 3.37. The highest BCUT2D eigenvalue weighted by Gasteiger charge is 2.27. The van der Waals surface area contributed by atoms with Gasteiger partial charge in [0.25, 0.3) is 5.91 Å². The third-order valence-corrected chi connectivity index (χ3v) is 4.49. The van der Waals surface area contributed by atoms with Crippen LogP contribution < -0.4 is 0 Å². The number of piperidine rings is 1. The Hall–Kier alpha value is -2.63. The molecule has 6 heteroatoms. The first-order chi connectivity index (χ1) is 11.2. The van der Waals surface area contributed by atoms with E-state index in [9.17, 15) is 4.79 Å². The molecule has 1 fully saturated rings. The second-order valence-electron chi connectivity index (χ2n) is 6.18. The van der Waals surface area contributed by atoms with Crippen LogP contribution in [0.2, 0.25) is 0 Å². The van der Waals surface area contributed by atoms with Crippen LogP contribution in [0.5, 0.6) is 0 Å². The standard InChI is InChI=1S/C17H19N5O/c1-11-8-18-16(21-11)13-3-2-6-22(9-13)17(23)12-4-5-14-15(7-12)20-10-19-14/h4-5,7-8,10,13H,2-3,6,9H2,1H3,(H,18,21)(H,19,20)/t13-/m0/s1. The number of nitrogens with zero attached hydrogens (tertiary/aromatic N) is 3. The number of fused-ring (bicyclic) bond motifs is 1. The summed E-state index contributed by atoms with van der Waals surface area (Å²) in [5.74, 6) is 1.36. The largest absolute Gasteiger partial charge is 0.346 e. The number of hydrogen-bond acceptors (Lipinski definition) is 3. The molecule has 1 aromatic carbocycles. The third-order valence-electron chi connectivity index (χ3n) is 4.49. The number of carbonyl (C=O) groups excluding carboxylic acids is 1. The zero-order valence-electron chi connectivity index (χ0n) is 13.0. The fraction of sp³-hybridized carbons (Fsp3) is 0.353. The number of aromatic nitrogens is 4. The molecular formula is C17H19N5O. The summed E-state index contributed by atoms with van der Waals surface area (Å²) in [4.78, 5) is 29.7. The highest BCUT2D eigenvalue weighted by Crippen LogP contribution is 2.26. The molecule has 2 aromatic heterocycles. The van der Waals surface area contributed by atoms with Crippen LogP contribution in [-0.4, -0.2) is 43.8 Å². The maximum absolute atomic E-state index is 12.8. The Bertz CT molecular complexity index is 849. The van der Waals surface area contributed by atoms with Crippen molar-refractivity contribution in [1.82, 2.24) is 24.8 Å². The lowest BCUT2D eigenvalue weighted by Gasteiger charge is -2.32. The molecule has 1 saturated heterocycles. The number of likely N-dealkylation sites (tertiary alicyclic amines) is 1. The van der Waals surface area contributed by atoms with Crippen molar-refractivity contribution in [3.05, 3.63) is 47.8 Å². The molecule has 1 atom stereocenters. The molecule has 4 rings (SSSR count). The zero-order valence-corrected chi connectivity index (χ0v) is 13.0. The maximum Gasteiger partial charge on any atom is 0.253 e. The maximum atomic E-state index is 12.8. The molecule has 3 heterocycles. The lowest BCUT2D eigenvalue weighted by molar-refractivity contribution is 0.0705. The minimum atomic E-state index is 0.0782.